The Balaban J connectivity index is 1.82. The predicted octanol–water partition coefficient (Wildman–Crippen LogP) is 4.17. The van der Waals surface area contributed by atoms with E-state index in [0.29, 0.717) is 28.6 Å². The molecule has 0 spiro atoms. The molecule has 0 bridgehead atoms. The van der Waals surface area contributed by atoms with Gasteiger partial charge in [0.05, 0.1) is 44.7 Å². The zero-order chi connectivity index (χ0) is 25.4. The van der Waals surface area contributed by atoms with E-state index in [9.17, 15) is 13.2 Å². The predicted molar refractivity (Wildman–Crippen MR) is 134 cm³/mol. The molecule has 0 aliphatic rings. The van der Waals surface area contributed by atoms with Gasteiger partial charge in [0, 0.05) is 6.08 Å². The van der Waals surface area contributed by atoms with Crippen LogP contribution in [0.4, 0.5) is 11.4 Å². The Hall–Kier alpha value is -4.18. The highest BCUT2D eigenvalue weighted by Gasteiger charge is 2.19. The van der Waals surface area contributed by atoms with Crippen LogP contribution < -0.4 is 29.0 Å². The van der Waals surface area contributed by atoms with E-state index in [0.717, 1.165) is 0 Å². The normalized spacial score (nSPS) is 11.1. The van der Waals surface area contributed by atoms with Gasteiger partial charge in [-0.3, -0.25) is 9.52 Å². The smallest absolute Gasteiger partial charge is 0.262 e. The molecule has 0 saturated heterocycles. The summed E-state index contributed by atoms with van der Waals surface area (Å²) in [5, 5.41) is 2.66. The maximum absolute atomic E-state index is 13.0. The first kappa shape index (κ1) is 25.4. The van der Waals surface area contributed by atoms with E-state index in [4.69, 9.17) is 18.9 Å². The third kappa shape index (κ3) is 6.24. The van der Waals surface area contributed by atoms with Gasteiger partial charge in [-0.05, 0) is 54.1 Å². The van der Waals surface area contributed by atoms with E-state index < -0.39 is 15.9 Å². The third-order valence-electron chi connectivity index (χ3n) is 4.93. The Bertz CT molecular complexity index is 1340. The Morgan fingerprint density at radius 2 is 1.37 bits per heavy atom. The van der Waals surface area contributed by atoms with Crippen LogP contribution in [0.3, 0.4) is 0 Å². The van der Waals surface area contributed by atoms with Crippen LogP contribution in [0.25, 0.3) is 6.08 Å². The number of hydrogen-bond acceptors (Lipinski definition) is 7. The average Bonchev–Trinajstić information content (AvgIpc) is 2.87. The molecule has 2 N–H and O–H groups in total. The molecule has 0 aliphatic heterocycles. The van der Waals surface area contributed by atoms with E-state index in [1.165, 1.54) is 52.7 Å². The van der Waals surface area contributed by atoms with Gasteiger partial charge >= 0.3 is 0 Å². The fraction of sp³-hybridized carbons (Fsp3) is 0.160. The summed E-state index contributed by atoms with van der Waals surface area (Å²) in [4.78, 5) is 12.5. The van der Waals surface area contributed by atoms with Crippen LogP contribution in [0.15, 0.2) is 71.6 Å². The van der Waals surface area contributed by atoms with Gasteiger partial charge in [-0.2, -0.15) is 0 Å². The molecule has 0 unspecified atom stereocenters. The number of ether oxygens (including phenoxy) is 4. The highest BCUT2D eigenvalue weighted by atomic mass is 32.2. The van der Waals surface area contributed by atoms with Crippen molar-refractivity contribution in [3.8, 4) is 23.0 Å². The second-order valence-corrected chi connectivity index (χ2v) is 8.79. The summed E-state index contributed by atoms with van der Waals surface area (Å²) in [6, 6.07) is 16.0. The maximum Gasteiger partial charge on any atom is 0.262 e. The number of para-hydroxylation sites is 2. The number of methoxy groups -OCH3 is 4. The number of carbonyl (C=O) groups excluding carboxylic acids is 1. The lowest BCUT2D eigenvalue weighted by molar-refractivity contribution is -0.111. The van der Waals surface area contributed by atoms with Crippen LogP contribution in [0, 0.1) is 0 Å². The van der Waals surface area contributed by atoms with Gasteiger partial charge in [0.15, 0.2) is 11.5 Å². The van der Waals surface area contributed by atoms with Crippen molar-refractivity contribution in [3.63, 3.8) is 0 Å². The number of benzene rings is 3. The summed E-state index contributed by atoms with van der Waals surface area (Å²) in [7, 11) is 1.95. The van der Waals surface area contributed by atoms with E-state index in [2.05, 4.69) is 10.0 Å². The molecule has 0 atom stereocenters. The molecular formula is C25H26N2O7S. The van der Waals surface area contributed by atoms with Crippen LogP contribution in [-0.2, 0) is 14.8 Å². The molecule has 3 aromatic carbocycles. The first-order chi connectivity index (χ1) is 16.8. The number of anilines is 2. The van der Waals surface area contributed by atoms with Gasteiger partial charge in [0.2, 0.25) is 5.91 Å². The number of sulfonamides is 1. The van der Waals surface area contributed by atoms with Crippen LogP contribution in [0.1, 0.15) is 5.56 Å². The number of rotatable bonds is 10. The molecule has 10 heteroatoms. The molecule has 184 valence electrons. The third-order valence-corrected chi connectivity index (χ3v) is 6.29. The minimum absolute atomic E-state index is 0.0663. The van der Waals surface area contributed by atoms with Crippen molar-refractivity contribution in [2.45, 2.75) is 4.90 Å². The number of carbonyl (C=O) groups is 1. The lowest BCUT2D eigenvalue weighted by atomic mass is 10.2. The Morgan fingerprint density at radius 1 is 0.743 bits per heavy atom. The molecule has 0 heterocycles. The SMILES string of the molecule is COc1ccc(S(=O)(=O)Nc2ccccc2OC)cc1NC(=O)/C=C/c1ccc(OC)c(OC)c1. The summed E-state index contributed by atoms with van der Waals surface area (Å²) in [5.74, 6) is 1.29. The fourth-order valence-electron chi connectivity index (χ4n) is 3.19. The molecule has 0 aromatic heterocycles. The summed E-state index contributed by atoms with van der Waals surface area (Å²) < 4.78 is 49.4. The molecule has 0 fully saturated rings. The standard InChI is InChI=1S/C25H26N2O7S/c1-31-21-8-6-5-7-19(21)27-35(29,30)18-11-13-22(32-2)20(16-18)26-25(28)14-10-17-9-12-23(33-3)24(15-17)34-4/h5-16,27H,1-4H3,(H,26,28)/b14-10+. The molecular weight excluding hydrogens is 472 g/mol. The monoisotopic (exact) mass is 498 g/mol. The molecule has 1 amide bonds. The highest BCUT2D eigenvalue weighted by Crippen LogP contribution is 2.31. The van der Waals surface area contributed by atoms with Crippen molar-refractivity contribution in [1.29, 1.82) is 0 Å². The van der Waals surface area contributed by atoms with E-state index in [1.54, 1.807) is 48.5 Å². The summed E-state index contributed by atoms with van der Waals surface area (Å²) in [6.45, 7) is 0. The van der Waals surface area contributed by atoms with Gasteiger partial charge in [0.25, 0.3) is 10.0 Å². The minimum atomic E-state index is -3.98. The van der Waals surface area contributed by atoms with Crippen molar-refractivity contribution in [2.75, 3.05) is 38.5 Å². The van der Waals surface area contributed by atoms with Gasteiger partial charge in [-0.15, -0.1) is 0 Å². The number of hydrogen-bond donors (Lipinski definition) is 2. The van der Waals surface area contributed by atoms with Crippen LogP contribution in [0.5, 0.6) is 23.0 Å². The van der Waals surface area contributed by atoms with E-state index >= 15 is 0 Å². The molecule has 35 heavy (non-hydrogen) atoms. The molecule has 3 aromatic rings. The zero-order valence-corrected chi connectivity index (χ0v) is 20.5. The van der Waals surface area contributed by atoms with Crippen LogP contribution >= 0.6 is 0 Å². The minimum Gasteiger partial charge on any atom is -0.495 e. The molecule has 0 saturated carbocycles. The topological polar surface area (TPSA) is 112 Å². The number of amides is 1. The van der Waals surface area contributed by atoms with Crippen molar-refractivity contribution in [2.24, 2.45) is 0 Å². The Labute approximate surface area is 204 Å². The van der Waals surface area contributed by atoms with Crippen molar-refractivity contribution in [1.82, 2.24) is 0 Å². The maximum atomic E-state index is 13.0. The lowest BCUT2D eigenvalue weighted by Crippen LogP contribution is -2.15. The fourth-order valence-corrected chi connectivity index (χ4v) is 4.28. The average molecular weight is 499 g/mol. The second-order valence-electron chi connectivity index (χ2n) is 7.10. The van der Waals surface area contributed by atoms with E-state index in [-0.39, 0.29) is 16.3 Å². The van der Waals surface area contributed by atoms with Crippen molar-refractivity contribution in [3.05, 3.63) is 72.3 Å². The number of nitrogens with one attached hydrogen (secondary N) is 2. The lowest BCUT2D eigenvalue weighted by Gasteiger charge is -2.14. The summed E-state index contributed by atoms with van der Waals surface area (Å²) in [6.07, 6.45) is 2.91. The van der Waals surface area contributed by atoms with Crippen LogP contribution in [0.2, 0.25) is 0 Å². The molecule has 3 rings (SSSR count). The Kier molecular flexibility index (Phi) is 8.21. The Morgan fingerprint density at radius 3 is 2.06 bits per heavy atom. The zero-order valence-electron chi connectivity index (χ0n) is 19.7. The van der Waals surface area contributed by atoms with Crippen LogP contribution in [-0.4, -0.2) is 42.8 Å². The first-order valence-electron chi connectivity index (χ1n) is 10.4. The quantitative estimate of drug-likeness (QED) is 0.404. The molecule has 9 nitrogen and oxygen atoms in total. The largest absolute Gasteiger partial charge is 0.495 e. The molecule has 0 radical (unpaired) electrons. The van der Waals surface area contributed by atoms with Crippen molar-refractivity contribution < 1.29 is 32.2 Å². The first-order valence-corrected chi connectivity index (χ1v) is 11.8. The molecule has 0 aliphatic carbocycles. The highest BCUT2D eigenvalue weighted by molar-refractivity contribution is 7.92. The van der Waals surface area contributed by atoms with Gasteiger partial charge < -0.3 is 24.3 Å². The summed E-state index contributed by atoms with van der Waals surface area (Å²) >= 11 is 0. The van der Waals surface area contributed by atoms with Crippen molar-refractivity contribution >= 4 is 33.4 Å². The second kappa shape index (κ2) is 11.3. The van der Waals surface area contributed by atoms with Gasteiger partial charge in [-0.1, -0.05) is 18.2 Å². The summed E-state index contributed by atoms with van der Waals surface area (Å²) in [5.41, 5.74) is 1.19. The van der Waals surface area contributed by atoms with Gasteiger partial charge in [0.1, 0.15) is 11.5 Å². The van der Waals surface area contributed by atoms with Gasteiger partial charge in [-0.25, -0.2) is 8.42 Å². The van der Waals surface area contributed by atoms with E-state index in [1.807, 2.05) is 0 Å².